The van der Waals surface area contributed by atoms with Crippen molar-refractivity contribution in [3.05, 3.63) is 36.3 Å². The minimum atomic E-state index is -0.466. The third-order valence-electron chi connectivity index (χ3n) is 5.05. The summed E-state index contributed by atoms with van der Waals surface area (Å²) in [4.78, 5) is 24.2. The second kappa shape index (κ2) is 7.96. The average molecular weight is 397 g/mol. The van der Waals surface area contributed by atoms with Crippen LogP contribution in [0.15, 0.2) is 35.1 Å². The number of anilines is 2. The number of furan rings is 1. The number of benzene rings is 1. The van der Waals surface area contributed by atoms with Crippen LogP contribution in [0.25, 0.3) is 10.9 Å². The number of nitrogens with one attached hydrogen (secondary N) is 1. The van der Waals surface area contributed by atoms with E-state index in [4.69, 9.17) is 24.6 Å². The van der Waals surface area contributed by atoms with Gasteiger partial charge in [0.15, 0.2) is 17.3 Å². The number of carbonyl (C=O) groups is 1. The van der Waals surface area contributed by atoms with Gasteiger partial charge in [0.05, 0.1) is 31.6 Å². The molecule has 3 heterocycles. The monoisotopic (exact) mass is 397 g/mol. The van der Waals surface area contributed by atoms with Gasteiger partial charge in [-0.1, -0.05) is 0 Å². The van der Waals surface area contributed by atoms with E-state index in [1.165, 1.54) is 12.5 Å². The number of Topliss-reactive ketones (excluding diaryl/α,β-unsaturated/α-hetero) is 1. The number of hydrogen-bond donors (Lipinski definition) is 2. The molecule has 0 aliphatic carbocycles. The van der Waals surface area contributed by atoms with Crippen LogP contribution in [0.2, 0.25) is 0 Å². The molecule has 1 saturated heterocycles. The number of aromatic nitrogens is 2. The molecule has 3 aromatic rings. The lowest BCUT2D eigenvalue weighted by molar-refractivity contribution is 0.0957. The molecule has 0 amide bonds. The number of hydrogen-bond acceptors (Lipinski definition) is 9. The van der Waals surface area contributed by atoms with E-state index in [0.29, 0.717) is 52.8 Å². The van der Waals surface area contributed by atoms with Gasteiger partial charge in [-0.15, -0.1) is 0 Å². The van der Waals surface area contributed by atoms with Gasteiger partial charge in [-0.3, -0.25) is 4.79 Å². The summed E-state index contributed by atoms with van der Waals surface area (Å²) in [5.74, 6) is 1.77. The van der Waals surface area contributed by atoms with Gasteiger partial charge in [-0.2, -0.15) is 4.98 Å². The van der Waals surface area contributed by atoms with Gasteiger partial charge >= 0.3 is 0 Å². The average Bonchev–Trinajstić information content (AvgIpc) is 3.16. The summed E-state index contributed by atoms with van der Waals surface area (Å²) in [6, 6.07) is 4.72. The standard InChI is InChI=1S/C20H23N5O4/c1-27-16-8-13-14(9-17(16)28-2)23-20(24-19(13)21)25-6-3-5-22-10-15(25)18(26)12-4-7-29-11-12/h4,7-9,11,15,22H,3,5-6,10H2,1-2H3,(H2,21,23,24). The third kappa shape index (κ3) is 3.56. The Bertz CT molecular complexity index is 1020. The van der Waals surface area contributed by atoms with Gasteiger partial charge in [-0.05, 0) is 25.1 Å². The molecule has 0 radical (unpaired) electrons. The number of fused-ring (bicyclic) bond motifs is 1. The molecule has 1 aliphatic heterocycles. The van der Waals surface area contributed by atoms with Gasteiger partial charge in [0.1, 0.15) is 18.1 Å². The number of nitrogen functional groups attached to an aromatic ring is 1. The first kappa shape index (κ1) is 19.0. The van der Waals surface area contributed by atoms with Crippen molar-refractivity contribution in [2.24, 2.45) is 0 Å². The van der Waals surface area contributed by atoms with Gasteiger partial charge < -0.3 is 29.8 Å². The predicted octanol–water partition coefficient (Wildman–Crippen LogP) is 1.87. The van der Waals surface area contributed by atoms with E-state index in [2.05, 4.69) is 10.3 Å². The van der Waals surface area contributed by atoms with Crippen molar-refractivity contribution in [3.8, 4) is 11.5 Å². The maximum absolute atomic E-state index is 13.1. The van der Waals surface area contributed by atoms with Crippen LogP contribution >= 0.6 is 0 Å². The topological polar surface area (TPSA) is 116 Å². The van der Waals surface area contributed by atoms with E-state index in [9.17, 15) is 4.79 Å². The highest BCUT2D eigenvalue weighted by atomic mass is 16.5. The molecule has 152 valence electrons. The molecule has 29 heavy (non-hydrogen) atoms. The van der Waals surface area contributed by atoms with E-state index in [1.54, 1.807) is 32.4 Å². The highest BCUT2D eigenvalue weighted by Crippen LogP contribution is 2.34. The SMILES string of the molecule is COc1cc2nc(N3CCCNCC3C(=O)c3ccoc3)nc(N)c2cc1OC. The van der Waals surface area contributed by atoms with Crippen LogP contribution < -0.4 is 25.4 Å². The molecule has 1 unspecified atom stereocenters. The summed E-state index contributed by atoms with van der Waals surface area (Å²) >= 11 is 0. The Morgan fingerprint density at radius 2 is 2.07 bits per heavy atom. The fourth-order valence-corrected chi connectivity index (χ4v) is 3.54. The van der Waals surface area contributed by atoms with Crippen LogP contribution in [0.4, 0.5) is 11.8 Å². The number of rotatable bonds is 5. The molecule has 4 rings (SSSR count). The maximum atomic E-state index is 13.1. The number of ketones is 1. The maximum Gasteiger partial charge on any atom is 0.228 e. The van der Waals surface area contributed by atoms with Crippen molar-refractivity contribution < 1.29 is 18.7 Å². The van der Waals surface area contributed by atoms with Crippen molar-refractivity contribution in [2.75, 3.05) is 44.5 Å². The van der Waals surface area contributed by atoms with E-state index >= 15 is 0 Å². The predicted molar refractivity (Wildman–Crippen MR) is 109 cm³/mol. The van der Waals surface area contributed by atoms with E-state index in [-0.39, 0.29) is 5.78 Å². The summed E-state index contributed by atoms with van der Waals surface area (Å²) in [5, 5.41) is 3.97. The second-order valence-electron chi connectivity index (χ2n) is 6.78. The van der Waals surface area contributed by atoms with Crippen molar-refractivity contribution in [2.45, 2.75) is 12.5 Å². The number of nitrogens with zero attached hydrogens (tertiary/aromatic N) is 3. The molecule has 1 atom stereocenters. The zero-order valence-electron chi connectivity index (χ0n) is 16.3. The van der Waals surface area contributed by atoms with Crippen LogP contribution in [-0.2, 0) is 0 Å². The molecular formula is C20H23N5O4. The van der Waals surface area contributed by atoms with Crippen molar-refractivity contribution in [3.63, 3.8) is 0 Å². The number of nitrogens with two attached hydrogens (primary N) is 1. The Morgan fingerprint density at radius 3 is 2.79 bits per heavy atom. The molecular weight excluding hydrogens is 374 g/mol. The lowest BCUT2D eigenvalue weighted by Gasteiger charge is -2.28. The van der Waals surface area contributed by atoms with E-state index in [0.717, 1.165) is 13.0 Å². The third-order valence-corrected chi connectivity index (χ3v) is 5.05. The van der Waals surface area contributed by atoms with E-state index in [1.807, 2.05) is 4.90 Å². The molecule has 0 bridgehead atoms. The summed E-state index contributed by atoms with van der Waals surface area (Å²) in [6.07, 6.45) is 3.80. The van der Waals surface area contributed by atoms with Crippen LogP contribution in [0.3, 0.4) is 0 Å². The molecule has 0 saturated carbocycles. The number of ether oxygens (including phenoxy) is 2. The normalized spacial score (nSPS) is 17.2. The zero-order chi connectivity index (χ0) is 20.4. The summed E-state index contributed by atoms with van der Waals surface area (Å²) < 4.78 is 15.8. The molecule has 1 fully saturated rings. The Labute approximate surface area is 167 Å². The smallest absolute Gasteiger partial charge is 0.228 e. The fourth-order valence-electron chi connectivity index (χ4n) is 3.54. The zero-order valence-corrected chi connectivity index (χ0v) is 16.3. The second-order valence-corrected chi connectivity index (χ2v) is 6.78. The van der Waals surface area contributed by atoms with Gasteiger partial charge in [-0.25, -0.2) is 4.98 Å². The lowest BCUT2D eigenvalue weighted by Crippen LogP contribution is -2.46. The number of methoxy groups -OCH3 is 2. The fraction of sp³-hybridized carbons (Fsp3) is 0.350. The van der Waals surface area contributed by atoms with Gasteiger partial charge in [0.25, 0.3) is 0 Å². The minimum absolute atomic E-state index is 0.0530. The Hall–Kier alpha value is -3.33. The lowest BCUT2D eigenvalue weighted by atomic mass is 10.1. The summed E-state index contributed by atoms with van der Waals surface area (Å²) in [7, 11) is 3.13. The largest absolute Gasteiger partial charge is 0.493 e. The first-order chi connectivity index (χ1) is 14.1. The molecule has 9 heteroatoms. The van der Waals surface area contributed by atoms with Crippen LogP contribution in [0.5, 0.6) is 11.5 Å². The Balaban J connectivity index is 1.78. The minimum Gasteiger partial charge on any atom is -0.493 e. The molecule has 1 aliphatic rings. The quantitative estimate of drug-likeness (QED) is 0.622. The van der Waals surface area contributed by atoms with Gasteiger partial charge in [0, 0.05) is 24.5 Å². The molecule has 3 N–H and O–H groups in total. The van der Waals surface area contributed by atoms with Gasteiger partial charge in [0.2, 0.25) is 5.95 Å². The highest BCUT2D eigenvalue weighted by molar-refractivity contribution is 6.02. The van der Waals surface area contributed by atoms with Crippen molar-refractivity contribution >= 4 is 28.5 Å². The van der Waals surface area contributed by atoms with E-state index < -0.39 is 6.04 Å². The van der Waals surface area contributed by atoms with Crippen molar-refractivity contribution in [1.29, 1.82) is 0 Å². The molecule has 1 aromatic carbocycles. The first-order valence-corrected chi connectivity index (χ1v) is 9.35. The summed E-state index contributed by atoms with van der Waals surface area (Å²) in [5.41, 5.74) is 7.38. The number of carbonyl (C=O) groups excluding carboxylic acids is 1. The molecule has 9 nitrogen and oxygen atoms in total. The Kier molecular flexibility index (Phi) is 5.22. The Morgan fingerprint density at radius 1 is 1.28 bits per heavy atom. The van der Waals surface area contributed by atoms with Crippen LogP contribution in [-0.4, -0.2) is 55.6 Å². The molecule has 0 spiro atoms. The molecule has 2 aromatic heterocycles. The highest BCUT2D eigenvalue weighted by Gasteiger charge is 2.31. The van der Waals surface area contributed by atoms with Crippen molar-refractivity contribution in [1.82, 2.24) is 15.3 Å². The first-order valence-electron chi connectivity index (χ1n) is 9.35. The van der Waals surface area contributed by atoms with Crippen LogP contribution in [0, 0.1) is 0 Å². The summed E-state index contributed by atoms with van der Waals surface area (Å²) in [6.45, 7) is 1.91. The van der Waals surface area contributed by atoms with Crippen LogP contribution in [0.1, 0.15) is 16.8 Å².